The third-order valence-electron chi connectivity index (χ3n) is 6.82. The summed E-state index contributed by atoms with van der Waals surface area (Å²) in [6.45, 7) is 0.470. The molecule has 1 aromatic heterocycles. The fourth-order valence-electron chi connectivity index (χ4n) is 4.80. The summed E-state index contributed by atoms with van der Waals surface area (Å²) in [6.07, 6.45) is 4.08. The molecule has 1 amide bonds. The number of nitrogens with zero attached hydrogens (tertiary/aromatic N) is 3. The predicted octanol–water partition coefficient (Wildman–Crippen LogP) is 5.51. The second-order valence-electron chi connectivity index (χ2n) is 9.62. The third-order valence-corrected chi connectivity index (χ3v) is 9.90. The third kappa shape index (κ3) is 5.60. The highest BCUT2D eigenvalue weighted by molar-refractivity contribution is 8.26. The molecule has 0 radical (unpaired) electrons. The van der Waals surface area contributed by atoms with E-state index >= 15 is 0 Å². The van der Waals surface area contributed by atoms with Crippen molar-refractivity contribution in [2.45, 2.75) is 19.1 Å². The van der Waals surface area contributed by atoms with Gasteiger partial charge in [-0.3, -0.25) is 9.69 Å². The van der Waals surface area contributed by atoms with Gasteiger partial charge < -0.3 is 4.74 Å². The lowest BCUT2D eigenvalue weighted by atomic mass is 10.1. The molecule has 10 heteroatoms. The number of hydrogen-bond acceptors (Lipinski definition) is 7. The van der Waals surface area contributed by atoms with E-state index in [1.807, 2.05) is 91.1 Å². The molecule has 2 saturated heterocycles. The van der Waals surface area contributed by atoms with Crippen LogP contribution in [0.1, 0.15) is 17.5 Å². The highest BCUT2D eigenvalue weighted by Crippen LogP contribution is 2.38. The second kappa shape index (κ2) is 11.0. The molecular weight excluding hydrogens is 563 g/mol. The lowest BCUT2D eigenvalue weighted by molar-refractivity contribution is -0.123. The molecule has 0 spiro atoms. The highest BCUT2D eigenvalue weighted by atomic mass is 32.2. The van der Waals surface area contributed by atoms with Crippen LogP contribution in [0.25, 0.3) is 23.0 Å². The Morgan fingerprint density at radius 1 is 1.00 bits per heavy atom. The lowest BCUT2D eigenvalue weighted by Gasteiger charge is -2.20. The number of carbonyl (C=O) groups is 1. The Morgan fingerprint density at radius 2 is 1.70 bits per heavy atom. The smallest absolute Gasteiger partial charge is 0.266 e. The average Bonchev–Trinajstić information content (AvgIpc) is 3.63. The topological polar surface area (TPSA) is 81.5 Å². The number of rotatable bonds is 7. The fourth-order valence-corrected chi connectivity index (χ4v) is 7.89. The predicted molar refractivity (Wildman–Crippen MR) is 162 cm³/mol. The molecule has 0 aliphatic carbocycles. The molecule has 0 bridgehead atoms. The van der Waals surface area contributed by atoms with E-state index in [1.165, 1.54) is 16.7 Å². The normalized spacial score (nSPS) is 19.4. The van der Waals surface area contributed by atoms with Crippen molar-refractivity contribution in [3.05, 3.63) is 107 Å². The van der Waals surface area contributed by atoms with Crippen molar-refractivity contribution in [3.63, 3.8) is 0 Å². The first-order valence-electron chi connectivity index (χ1n) is 12.8. The van der Waals surface area contributed by atoms with Crippen LogP contribution < -0.4 is 4.74 Å². The van der Waals surface area contributed by atoms with Crippen molar-refractivity contribution in [1.29, 1.82) is 0 Å². The number of thiocarbonyl (C=S) groups is 1. The van der Waals surface area contributed by atoms with E-state index < -0.39 is 15.9 Å². The van der Waals surface area contributed by atoms with Crippen LogP contribution in [-0.2, 0) is 21.2 Å². The molecule has 0 unspecified atom stereocenters. The first-order chi connectivity index (χ1) is 19.4. The molecule has 4 aromatic rings. The maximum Gasteiger partial charge on any atom is 0.266 e. The van der Waals surface area contributed by atoms with Crippen molar-refractivity contribution in [2.75, 3.05) is 11.5 Å². The molecule has 3 aromatic carbocycles. The molecule has 3 heterocycles. The van der Waals surface area contributed by atoms with Crippen molar-refractivity contribution in [2.24, 2.45) is 0 Å². The van der Waals surface area contributed by atoms with Crippen LogP contribution in [-0.4, -0.2) is 50.9 Å². The van der Waals surface area contributed by atoms with Gasteiger partial charge in [-0.25, -0.2) is 13.1 Å². The number of benzene rings is 3. The first-order valence-corrected chi connectivity index (χ1v) is 15.8. The minimum absolute atomic E-state index is 0.0530. The van der Waals surface area contributed by atoms with Gasteiger partial charge >= 0.3 is 0 Å². The zero-order valence-electron chi connectivity index (χ0n) is 21.3. The summed E-state index contributed by atoms with van der Waals surface area (Å²) in [6, 6.07) is 27.0. The largest absolute Gasteiger partial charge is 0.489 e. The molecule has 2 aliphatic rings. The number of carbonyl (C=O) groups excluding carboxylic acids is 1. The molecule has 0 N–H and O–H groups in total. The van der Waals surface area contributed by atoms with Gasteiger partial charge in [-0.1, -0.05) is 72.5 Å². The number of aromatic nitrogens is 2. The molecule has 2 aliphatic heterocycles. The summed E-state index contributed by atoms with van der Waals surface area (Å²) < 4.78 is 32.2. The summed E-state index contributed by atoms with van der Waals surface area (Å²) >= 11 is 6.70. The van der Waals surface area contributed by atoms with E-state index in [2.05, 4.69) is 0 Å². The van der Waals surface area contributed by atoms with E-state index in [-0.39, 0.29) is 17.4 Å². The lowest BCUT2D eigenvalue weighted by Crippen LogP contribution is -2.39. The van der Waals surface area contributed by atoms with Gasteiger partial charge in [-0.2, -0.15) is 5.10 Å². The minimum Gasteiger partial charge on any atom is -0.489 e. The van der Waals surface area contributed by atoms with Crippen LogP contribution in [0, 0.1) is 0 Å². The van der Waals surface area contributed by atoms with E-state index in [9.17, 15) is 13.2 Å². The quantitative estimate of drug-likeness (QED) is 0.208. The molecule has 202 valence electrons. The zero-order valence-corrected chi connectivity index (χ0v) is 23.8. The average molecular weight is 588 g/mol. The van der Waals surface area contributed by atoms with Crippen LogP contribution >= 0.6 is 24.0 Å². The Hall–Kier alpha value is -3.73. The molecule has 7 nitrogen and oxygen atoms in total. The Labute approximate surface area is 242 Å². The van der Waals surface area contributed by atoms with Crippen LogP contribution in [0.15, 0.2) is 96.0 Å². The van der Waals surface area contributed by atoms with E-state index in [1.54, 1.807) is 10.8 Å². The molecule has 0 saturated carbocycles. The van der Waals surface area contributed by atoms with Crippen molar-refractivity contribution in [3.8, 4) is 22.7 Å². The van der Waals surface area contributed by atoms with Crippen molar-refractivity contribution in [1.82, 2.24) is 14.7 Å². The van der Waals surface area contributed by atoms with E-state index in [0.717, 1.165) is 28.1 Å². The SMILES string of the molecule is O=C1/C(=C/c2cn(-c3ccccc3)nc2-c2ccc(OCc3ccccc3)cc2)SC(=S)N1[C@H]1CCS(=O)(=O)C1. The van der Waals surface area contributed by atoms with Gasteiger partial charge in [0.2, 0.25) is 0 Å². The standard InChI is InChI=1S/C30H25N3O4S3/c34-29-27(39-30(38)33(29)25-15-16-40(35,36)20-25)17-23-18-32(24-9-5-2-6-10-24)31-28(23)22-11-13-26(14-12-22)37-19-21-7-3-1-4-8-21/h1-14,17-18,25H,15-16,19-20H2/b27-17-/t25-/m0/s1. The van der Waals surface area contributed by atoms with Gasteiger partial charge in [-0.15, -0.1) is 0 Å². The maximum atomic E-state index is 13.4. The van der Waals surface area contributed by atoms with Gasteiger partial charge in [-0.05, 0) is 54.5 Å². The Kier molecular flexibility index (Phi) is 7.31. The summed E-state index contributed by atoms with van der Waals surface area (Å²) in [7, 11) is -3.16. The minimum atomic E-state index is -3.16. The summed E-state index contributed by atoms with van der Waals surface area (Å²) in [5.74, 6) is 0.499. The van der Waals surface area contributed by atoms with E-state index in [0.29, 0.717) is 27.9 Å². The molecule has 1 atom stereocenters. The Bertz CT molecular complexity index is 1700. The first kappa shape index (κ1) is 26.5. The number of thioether (sulfide) groups is 1. The second-order valence-corrected chi connectivity index (χ2v) is 13.5. The highest BCUT2D eigenvalue weighted by Gasteiger charge is 2.42. The molecular formula is C30H25N3O4S3. The monoisotopic (exact) mass is 587 g/mol. The maximum absolute atomic E-state index is 13.4. The molecule has 6 rings (SSSR count). The van der Waals surface area contributed by atoms with Crippen LogP contribution in [0.3, 0.4) is 0 Å². The van der Waals surface area contributed by atoms with Crippen LogP contribution in [0.5, 0.6) is 5.75 Å². The van der Waals surface area contributed by atoms with Crippen molar-refractivity contribution < 1.29 is 17.9 Å². The molecule has 40 heavy (non-hydrogen) atoms. The van der Waals surface area contributed by atoms with Gasteiger partial charge in [0, 0.05) is 17.3 Å². The summed E-state index contributed by atoms with van der Waals surface area (Å²) in [5, 5.41) is 4.86. The Balaban J connectivity index is 1.30. The number of hydrogen-bond donors (Lipinski definition) is 0. The number of sulfone groups is 1. The van der Waals surface area contributed by atoms with Crippen molar-refractivity contribution >= 4 is 50.1 Å². The number of amides is 1. The van der Waals surface area contributed by atoms with Gasteiger partial charge in [0.25, 0.3) is 5.91 Å². The number of ether oxygens (including phenoxy) is 1. The number of para-hydroxylation sites is 1. The van der Waals surface area contributed by atoms with E-state index in [4.69, 9.17) is 22.1 Å². The van der Waals surface area contributed by atoms with Crippen LogP contribution in [0.4, 0.5) is 0 Å². The molecule has 2 fully saturated rings. The zero-order chi connectivity index (χ0) is 27.7. The van der Waals surface area contributed by atoms with Gasteiger partial charge in [0.1, 0.15) is 16.7 Å². The fraction of sp³-hybridized carbons (Fsp3) is 0.167. The Morgan fingerprint density at radius 3 is 2.38 bits per heavy atom. The summed E-state index contributed by atoms with van der Waals surface area (Å²) in [5.41, 5.74) is 4.29. The van der Waals surface area contributed by atoms with Gasteiger partial charge in [0.05, 0.1) is 33.8 Å². The van der Waals surface area contributed by atoms with Crippen LogP contribution in [0.2, 0.25) is 0 Å². The van der Waals surface area contributed by atoms with Gasteiger partial charge in [0.15, 0.2) is 9.84 Å². The summed E-state index contributed by atoms with van der Waals surface area (Å²) in [4.78, 5) is 15.3.